The van der Waals surface area contributed by atoms with Crippen molar-refractivity contribution in [1.29, 1.82) is 0 Å². The molecule has 1 heterocycles. The predicted octanol–water partition coefficient (Wildman–Crippen LogP) is 0.279. The van der Waals surface area contributed by atoms with E-state index in [9.17, 15) is 9.59 Å². The van der Waals surface area contributed by atoms with Crippen LogP contribution in [0.2, 0.25) is 0 Å². The predicted molar refractivity (Wildman–Crippen MR) is 38.6 cm³/mol. The number of imide groups is 1. The second-order valence-electron chi connectivity index (χ2n) is 2.06. The minimum Gasteiger partial charge on any atom is -0.326 e. The van der Waals surface area contributed by atoms with Crippen molar-refractivity contribution in [3.8, 4) is 0 Å². The molecule has 0 aliphatic carbocycles. The number of alkyl halides is 1. The minimum absolute atomic E-state index is 0.179. The zero-order valence-electron chi connectivity index (χ0n) is 5.43. The second-order valence-corrected chi connectivity index (χ2v) is 2.56. The van der Waals surface area contributed by atoms with Crippen LogP contribution >= 0.6 is 15.9 Å². The quantitative estimate of drug-likeness (QED) is 0.381. The van der Waals surface area contributed by atoms with Gasteiger partial charge >= 0.3 is 6.03 Å². The third-order valence-corrected chi connectivity index (χ3v) is 1.84. The van der Waals surface area contributed by atoms with E-state index in [4.69, 9.17) is 0 Å². The van der Waals surface area contributed by atoms with Crippen LogP contribution in [0.4, 0.5) is 4.79 Å². The average molecular weight is 207 g/mol. The van der Waals surface area contributed by atoms with E-state index in [1.54, 1.807) is 6.92 Å². The molecule has 1 rings (SSSR count). The lowest BCUT2D eigenvalue weighted by Crippen LogP contribution is -2.29. The molecule has 10 heavy (non-hydrogen) atoms. The molecule has 0 spiro atoms. The maximum Gasteiger partial charge on any atom is 0.325 e. The van der Waals surface area contributed by atoms with Crippen LogP contribution in [0.15, 0.2) is 0 Å². The van der Waals surface area contributed by atoms with Gasteiger partial charge in [-0.1, -0.05) is 15.9 Å². The van der Waals surface area contributed by atoms with Gasteiger partial charge in [0, 0.05) is 0 Å². The Morgan fingerprint density at radius 2 is 2.30 bits per heavy atom. The minimum atomic E-state index is -0.370. The summed E-state index contributed by atoms with van der Waals surface area (Å²) < 4.78 is 0. The number of hydrogen-bond donors (Lipinski definition) is 1. The van der Waals surface area contributed by atoms with Crippen molar-refractivity contribution in [3.63, 3.8) is 0 Å². The van der Waals surface area contributed by atoms with E-state index in [-0.39, 0.29) is 23.4 Å². The van der Waals surface area contributed by atoms with Crippen molar-refractivity contribution >= 4 is 27.9 Å². The van der Waals surface area contributed by atoms with Gasteiger partial charge in [0.25, 0.3) is 5.91 Å². The van der Waals surface area contributed by atoms with Gasteiger partial charge in [-0.2, -0.15) is 0 Å². The number of amides is 3. The van der Waals surface area contributed by atoms with E-state index in [1.165, 1.54) is 0 Å². The van der Waals surface area contributed by atoms with Gasteiger partial charge in [0.1, 0.15) is 6.04 Å². The van der Waals surface area contributed by atoms with Crippen LogP contribution in [0.3, 0.4) is 0 Å². The van der Waals surface area contributed by atoms with E-state index in [0.29, 0.717) is 0 Å². The molecular weight excluding hydrogens is 200 g/mol. The van der Waals surface area contributed by atoms with E-state index < -0.39 is 0 Å². The number of rotatable bonds is 1. The first-order chi connectivity index (χ1) is 4.66. The third kappa shape index (κ3) is 1.01. The lowest BCUT2D eigenvalue weighted by molar-refractivity contribution is -0.126. The Morgan fingerprint density at radius 1 is 1.70 bits per heavy atom. The molecule has 1 N–H and O–H groups in total. The third-order valence-electron chi connectivity index (χ3n) is 1.34. The Kier molecular flexibility index (Phi) is 1.94. The van der Waals surface area contributed by atoms with Crippen molar-refractivity contribution < 1.29 is 9.59 Å². The van der Waals surface area contributed by atoms with Crippen molar-refractivity contribution in [1.82, 2.24) is 10.2 Å². The molecule has 5 heteroatoms. The largest absolute Gasteiger partial charge is 0.326 e. The summed E-state index contributed by atoms with van der Waals surface area (Å²) in [5, 5.41) is 2.47. The van der Waals surface area contributed by atoms with Crippen molar-refractivity contribution in [2.24, 2.45) is 0 Å². The Bertz CT molecular complexity index is 182. The molecule has 3 amide bonds. The molecule has 1 aliphatic heterocycles. The monoisotopic (exact) mass is 206 g/mol. The summed E-state index contributed by atoms with van der Waals surface area (Å²) in [5.41, 5.74) is 0.266. The molecule has 0 bridgehead atoms. The standard InChI is InChI=1S/C5H7BrN2O2/c1-3-4(9)8(2-6)5(10)7-3/h3H,2H2,1H3,(H,7,10). The van der Waals surface area contributed by atoms with Crippen molar-refractivity contribution in [2.75, 3.05) is 5.45 Å². The molecule has 1 atom stereocenters. The van der Waals surface area contributed by atoms with Crippen LogP contribution in [0.5, 0.6) is 0 Å². The van der Waals surface area contributed by atoms with Crippen molar-refractivity contribution in [3.05, 3.63) is 0 Å². The summed E-state index contributed by atoms with van der Waals surface area (Å²) in [6.07, 6.45) is 0. The molecule has 56 valence electrons. The molecular formula is C5H7BrN2O2. The van der Waals surface area contributed by atoms with Crippen LogP contribution in [-0.2, 0) is 4.79 Å². The SMILES string of the molecule is CC1NC(=O)N(CBr)C1=O. The molecule has 1 unspecified atom stereocenters. The average Bonchev–Trinajstić information content (AvgIpc) is 2.09. The number of carbonyl (C=O) groups is 2. The molecule has 1 aliphatic rings. The van der Waals surface area contributed by atoms with Gasteiger partial charge in [0.05, 0.1) is 5.45 Å². The topological polar surface area (TPSA) is 49.4 Å². The molecule has 0 aromatic heterocycles. The molecule has 0 radical (unpaired) electrons. The lowest BCUT2D eigenvalue weighted by atomic mass is 10.3. The zero-order valence-corrected chi connectivity index (χ0v) is 7.01. The summed E-state index contributed by atoms with van der Waals surface area (Å²) in [7, 11) is 0. The van der Waals surface area contributed by atoms with Gasteiger partial charge in [-0.3, -0.25) is 9.69 Å². The van der Waals surface area contributed by atoms with Crippen LogP contribution in [-0.4, -0.2) is 28.3 Å². The highest BCUT2D eigenvalue weighted by molar-refractivity contribution is 9.09. The number of nitrogens with one attached hydrogen (secondary N) is 1. The fourth-order valence-corrected chi connectivity index (χ4v) is 1.25. The fourth-order valence-electron chi connectivity index (χ4n) is 0.772. The maximum absolute atomic E-state index is 11.0. The van der Waals surface area contributed by atoms with E-state index in [2.05, 4.69) is 21.2 Å². The Labute approximate surface area is 66.7 Å². The van der Waals surface area contributed by atoms with Gasteiger partial charge in [-0.05, 0) is 6.92 Å². The number of carbonyl (C=O) groups excluding carboxylic acids is 2. The van der Waals surface area contributed by atoms with Crippen molar-refractivity contribution in [2.45, 2.75) is 13.0 Å². The normalized spacial score (nSPS) is 25.4. The highest BCUT2D eigenvalue weighted by Gasteiger charge is 2.33. The fraction of sp³-hybridized carbons (Fsp3) is 0.600. The summed E-state index contributed by atoms with van der Waals surface area (Å²) >= 11 is 3.03. The second kappa shape index (κ2) is 2.57. The Morgan fingerprint density at radius 3 is 2.50 bits per heavy atom. The molecule has 0 aromatic carbocycles. The number of nitrogens with zero attached hydrogens (tertiary/aromatic N) is 1. The first-order valence-electron chi connectivity index (χ1n) is 2.84. The number of hydrogen-bond acceptors (Lipinski definition) is 2. The van der Waals surface area contributed by atoms with E-state index in [0.717, 1.165) is 4.90 Å². The molecule has 0 aromatic rings. The van der Waals surface area contributed by atoms with Crippen LogP contribution in [0.25, 0.3) is 0 Å². The van der Waals surface area contributed by atoms with Gasteiger partial charge in [0.15, 0.2) is 0 Å². The zero-order chi connectivity index (χ0) is 7.72. The first kappa shape index (κ1) is 7.53. The molecule has 0 saturated carbocycles. The maximum atomic E-state index is 11.0. The molecule has 1 fully saturated rings. The summed E-state index contributed by atoms with van der Waals surface area (Å²) in [4.78, 5) is 22.9. The van der Waals surface area contributed by atoms with Gasteiger partial charge in [0.2, 0.25) is 0 Å². The van der Waals surface area contributed by atoms with Gasteiger partial charge < -0.3 is 5.32 Å². The van der Waals surface area contributed by atoms with Crippen LogP contribution in [0.1, 0.15) is 6.92 Å². The van der Waals surface area contributed by atoms with E-state index in [1.807, 2.05) is 0 Å². The number of halogens is 1. The molecule has 4 nitrogen and oxygen atoms in total. The smallest absolute Gasteiger partial charge is 0.325 e. The van der Waals surface area contributed by atoms with Gasteiger partial charge in [-0.15, -0.1) is 0 Å². The lowest BCUT2D eigenvalue weighted by Gasteiger charge is -2.05. The summed E-state index contributed by atoms with van der Waals surface area (Å²) in [6.45, 7) is 1.66. The highest BCUT2D eigenvalue weighted by atomic mass is 79.9. The Balaban J connectivity index is 2.74. The Hall–Kier alpha value is -0.580. The highest BCUT2D eigenvalue weighted by Crippen LogP contribution is 2.06. The number of urea groups is 1. The van der Waals surface area contributed by atoms with Crippen LogP contribution < -0.4 is 5.32 Å². The van der Waals surface area contributed by atoms with E-state index >= 15 is 0 Å². The van der Waals surface area contributed by atoms with Gasteiger partial charge in [-0.25, -0.2) is 4.79 Å². The first-order valence-corrected chi connectivity index (χ1v) is 3.97. The summed E-state index contributed by atoms with van der Waals surface area (Å²) in [6, 6.07) is -0.695. The summed E-state index contributed by atoms with van der Waals surface area (Å²) in [5.74, 6) is -0.179. The molecule has 1 saturated heterocycles. The van der Waals surface area contributed by atoms with Crippen LogP contribution in [0, 0.1) is 0 Å².